The van der Waals surface area contributed by atoms with E-state index in [4.69, 9.17) is 4.98 Å². The van der Waals surface area contributed by atoms with Gasteiger partial charge in [-0.2, -0.15) is 13.2 Å². The molecule has 286 valence electrons. The SMILES string of the molecule is CC[C@H](C)[C@H](NC(=O)Cc1ccccc1F)C(=O)N[C@]1(C(=O)N[C@H](c2nc(C(C)(C)C)cs2)[C@@H](C)CC)CCc2[nH]c3c(C(F)(F)F)cccc3c2C1. The summed E-state index contributed by atoms with van der Waals surface area (Å²) in [4.78, 5) is 50.4. The number of rotatable bonds is 12. The van der Waals surface area contributed by atoms with E-state index in [0.717, 1.165) is 16.8 Å². The van der Waals surface area contributed by atoms with Gasteiger partial charge in [0.2, 0.25) is 17.7 Å². The van der Waals surface area contributed by atoms with E-state index in [2.05, 4.69) is 41.7 Å². The third kappa shape index (κ3) is 8.60. The summed E-state index contributed by atoms with van der Waals surface area (Å²) >= 11 is 1.45. The Morgan fingerprint density at radius 3 is 2.30 bits per heavy atom. The molecule has 0 fully saturated rings. The third-order valence-electron chi connectivity index (χ3n) is 10.6. The van der Waals surface area contributed by atoms with E-state index in [1.165, 1.54) is 35.6 Å². The number of benzene rings is 2. The van der Waals surface area contributed by atoms with Gasteiger partial charge >= 0.3 is 6.18 Å². The van der Waals surface area contributed by atoms with Crippen LogP contribution in [-0.4, -0.2) is 39.3 Å². The molecule has 8 nitrogen and oxygen atoms in total. The van der Waals surface area contributed by atoms with Crippen molar-refractivity contribution in [3.05, 3.63) is 86.7 Å². The number of nitrogens with zero attached hydrogens (tertiary/aromatic N) is 1. The van der Waals surface area contributed by atoms with Crippen molar-refractivity contribution in [3.8, 4) is 0 Å². The molecular formula is C40H49F4N5O3S. The van der Waals surface area contributed by atoms with Gasteiger partial charge in [-0.3, -0.25) is 14.4 Å². The molecule has 5 atom stereocenters. The number of amides is 3. The number of halogens is 4. The normalized spacial score (nSPS) is 18.5. The van der Waals surface area contributed by atoms with Crippen LogP contribution < -0.4 is 16.0 Å². The van der Waals surface area contributed by atoms with E-state index in [9.17, 15) is 31.9 Å². The fourth-order valence-corrected chi connectivity index (χ4v) is 8.08. The van der Waals surface area contributed by atoms with E-state index in [0.29, 0.717) is 29.5 Å². The first kappa shape index (κ1) is 39.9. The number of hydrogen-bond acceptors (Lipinski definition) is 5. The minimum atomic E-state index is -4.61. The summed E-state index contributed by atoms with van der Waals surface area (Å²) in [6.45, 7) is 13.9. The van der Waals surface area contributed by atoms with Crippen molar-refractivity contribution in [1.82, 2.24) is 25.9 Å². The van der Waals surface area contributed by atoms with Crippen molar-refractivity contribution < 1.29 is 31.9 Å². The second-order valence-corrected chi connectivity index (χ2v) is 16.3. The van der Waals surface area contributed by atoms with Gasteiger partial charge in [-0.05, 0) is 47.9 Å². The van der Waals surface area contributed by atoms with Gasteiger partial charge in [-0.1, -0.05) is 91.6 Å². The van der Waals surface area contributed by atoms with E-state index in [-0.39, 0.29) is 54.0 Å². The second-order valence-electron chi connectivity index (χ2n) is 15.4. The van der Waals surface area contributed by atoms with Crippen molar-refractivity contribution in [2.75, 3.05) is 0 Å². The molecule has 3 amide bonds. The molecule has 0 aliphatic heterocycles. The zero-order chi connectivity index (χ0) is 38.9. The highest BCUT2D eigenvalue weighted by Crippen LogP contribution is 2.41. The lowest BCUT2D eigenvalue weighted by Crippen LogP contribution is -2.65. The van der Waals surface area contributed by atoms with E-state index in [1.807, 2.05) is 26.2 Å². The molecule has 4 N–H and O–H groups in total. The second kappa shape index (κ2) is 15.6. The summed E-state index contributed by atoms with van der Waals surface area (Å²) in [6.07, 6.45) is -3.51. The van der Waals surface area contributed by atoms with Gasteiger partial charge in [0, 0.05) is 28.3 Å². The van der Waals surface area contributed by atoms with Gasteiger partial charge in [0.15, 0.2) is 0 Å². The average Bonchev–Trinajstić information content (AvgIpc) is 3.75. The van der Waals surface area contributed by atoms with Crippen LogP contribution in [0.4, 0.5) is 17.6 Å². The van der Waals surface area contributed by atoms with Gasteiger partial charge < -0.3 is 20.9 Å². The maximum atomic E-state index is 14.9. The van der Waals surface area contributed by atoms with E-state index < -0.39 is 52.9 Å². The van der Waals surface area contributed by atoms with Gasteiger partial charge in [-0.25, -0.2) is 9.37 Å². The molecule has 0 saturated carbocycles. The van der Waals surface area contributed by atoms with Gasteiger partial charge in [-0.15, -0.1) is 11.3 Å². The van der Waals surface area contributed by atoms with Crippen molar-refractivity contribution in [2.24, 2.45) is 11.8 Å². The molecule has 0 bridgehead atoms. The number of hydrogen-bond donors (Lipinski definition) is 4. The zero-order valence-corrected chi connectivity index (χ0v) is 32.1. The summed E-state index contributed by atoms with van der Waals surface area (Å²) in [5.74, 6) is -2.63. The summed E-state index contributed by atoms with van der Waals surface area (Å²) in [5, 5.41) is 12.0. The number of para-hydroxylation sites is 1. The zero-order valence-electron chi connectivity index (χ0n) is 31.3. The minimum absolute atomic E-state index is 0.0437. The van der Waals surface area contributed by atoms with Crippen LogP contribution in [0.1, 0.15) is 107 Å². The molecule has 0 unspecified atom stereocenters. The Kier molecular flexibility index (Phi) is 11.8. The predicted octanol–water partition coefficient (Wildman–Crippen LogP) is 8.10. The van der Waals surface area contributed by atoms with Crippen LogP contribution in [0.3, 0.4) is 0 Å². The first-order valence-electron chi connectivity index (χ1n) is 18.2. The molecule has 2 aromatic heterocycles. The van der Waals surface area contributed by atoms with Crippen LogP contribution >= 0.6 is 11.3 Å². The molecule has 5 rings (SSSR count). The van der Waals surface area contributed by atoms with Crippen molar-refractivity contribution in [2.45, 2.75) is 116 Å². The fourth-order valence-electron chi connectivity index (χ4n) is 6.86. The Balaban J connectivity index is 1.54. The van der Waals surface area contributed by atoms with Gasteiger partial charge in [0.1, 0.15) is 22.4 Å². The molecule has 1 aliphatic rings. The molecule has 0 spiro atoms. The Labute approximate surface area is 311 Å². The monoisotopic (exact) mass is 755 g/mol. The largest absolute Gasteiger partial charge is 0.418 e. The topological polar surface area (TPSA) is 116 Å². The number of alkyl halides is 3. The highest BCUT2D eigenvalue weighted by Gasteiger charge is 2.47. The van der Waals surface area contributed by atoms with Gasteiger partial charge in [0.25, 0.3) is 0 Å². The fraction of sp³-hybridized carbons (Fsp3) is 0.500. The van der Waals surface area contributed by atoms with E-state index in [1.54, 1.807) is 19.1 Å². The van der Waals surface area contributed by atoms with Crippen LogP contribution in [-0.2, 0) is 45.2 Å². The standard InChI is InChI=1S/C40H49F4N5O3S/c1-8-22(3)32(47-31(50)19-24-13-10-11-16-28(24)41)35(51)49-39(37(52)48-33(23(4)9-2)36-46-30(21-53-36)38(5,6)7)18-17-29-26(20-39)25-14-12-15-27(34(25)45-29)40(42,43)44/h10-16,21-23,32-33,45H,8-9,17-20H2,1-7H3,(H,47,50)(H,48,52)(H,49,51)/t22-,23-,32-,33-,39+/m0/s1. The molecule has 0 saturated heterocycles. The highest BCUT2D eigenvalue weighted by atomic mass is 32.1. The molecule has 53 heavy (non-hydrogen) atoms. The Morgan fingerprint density at radius 2 is 1.68 bits per heavy atom. The smallest absolute Gasteiger partial charge is 0.358 e. The summed E-state index contributed by atoms with van der Waals surface area (Å²) < 4.78 is 56.7. The molecular weight excluding hydrogens is 707 g/mol. The summed E-state index contributed by atoms with van der Waals surface area (Å²) in [5.41, 5.74) is -0.555. The lowest BCUT2D eigenvalue weighted by Gasteiger charge is -2.39. The molecule has 2 aromatic carbocycles. The number of nitrogens with one attached hydrogen (secondary N) is 4. The van der Waals surface area contributed by atoms with Crippen LogP contribution in [0.25, 0.3) is 10.9 Å². The lowest BCUT2D eigenvalue weighted by molar-refractivity contribution is -0.137. The first-order valence-corrected chi connectivity index (χ1v) is 19.1. The maximum Gasteiger partial charge on any atom is 0.418 e. The molecule has 2 heterocycles. The molecule has 0 radical (unpaired) electrons. The molecule has 4 aromatic rings. The number of H-pyrrole nitrogens is 1. The summed E-state index contributed by atoms with van der Waals surface area (Å²) in [6, 6.07) is 8.26. The predicted molar refractivity (Wildman–Crippen MR) is 199 cm³/mol. The Hall–Kier alpha value is -4.26. The number of carbonyl (C=O) groups excluding carboxylic acids is 3. The number of aryl methyl sites for hydroxylation is 1. The Morgan fingerprint density at radius 1 is 0.981 bits per heavy atom. The van der Waals surface area contributed by atoms with Crippen molar-refractivity contribution >= 4 is 40.0 Å². The van der Waals surface area contributed by atoms with Crippen LogP contribution in [0, 0.1) is 17.7 Å². The number of aromatic nitrogens is 2. The maximum absolute atomic E-state index is 14.9. The highest BCUT2D eigenvalue weighted by molar-refractivity contribution is 7.09. The average molecular weight is 756 g/mol. The van der Waals surface area contributed by atoms with Crippen LogP contribution in [0.2, 0.25) is 0 Å². The molecule has 13 heteroatoms. The van der Waals surface area contributed by atoms with Gasteiger partial charge in [0.05, 0.1) is 29.2 Å². The first-order chi connectivity index (χ1) is 24.9. The number of carbonyl (C=O) groups is 3. The number of thiazole rings is 1. The third-order valence-corrected chi connectivity index (χ3v) is 11.5. The number of aromatic amines is 1. The van der Waals surface area contributed by atoms with Crippen LogP contribution in [0.5, 0.6) is 0 Å². The molecule has 1 aliphatic carbocycles. The van der Waals surface area contributed by atoms with Crippen molar-refractivity contribution in [1.29, 1.82) is 0 Å². The quantitative estimate of drug-likeness (QED) is 0.109. The van der Waals surface area contributed by atoms with E-state index >= 15 is 0 Å². The minimum Gasteiger partial charge on any atom is -0.358 e. The Bertz CT molecular complexity index is 1970. The number of fused-ring (bicyclic) bond motifs is 3. The summed E-state index contributed by atoms with van der Waals surface area (Å²) in [7, 11) is 0. The van der Waals surface area contributed by atoms with Crippen molar-refractivity contribution in [3.63, 3.8) is 0 Å². The van der Waals surface area contributed by atoms with Crippen LogP contribution in [0.15, 0.2) is 47.8 Å². The lowest BCUT2D eigenvalue weighted by atomic mass is 9.78.